The van der Waals surface area contributed by atoms with Gasteiger partial charge >= 0.3 is 0 Å². The number of likely N-dealkylation sites (tertiary alicyclic amines) is 1. The molecule has 1 fully saturated rings. The molecule has 1 amide bonds. The molecule has 0 spiro atoms. The van der Waals surface area contributed by atoms with Crippen LogP contribution in [0.1, 0.15) is 18.4 Å². The summed E-state index contributed by atoms with van der Waals surface area (Å²) >= 11 is 0. The first-order valence-electron chi connectivity index (χ1n) is 9.09. The third kappa shape index (κ3) is 6.45. The summed E-state index contributed by atoms with van der Waals surface area (Å²) < 4.78 is 11.4. The molecule has 0 bridgehead atoms. The van der Waals surface area contributed by atoms with E-state index in [1.54, 1.807) is 0 Å². The highest BCUT2D eigenvalue weighted by atomic mass is 35.5. The van der Waals surface area contributed by atoms with Gasteiger partial charge in [0.15, 0.2) is 6.61 Å². The van der Waals surface area contributed by atoms with Gasteiger partial charge in [0.1, 0.15) is 18.1 Å². The number of rotatable bonds is 7. The highest BCUT2D eigenvalue weighted by Gasteiger charge is 2.21. The van der Waals surface area contributed by atoms with Crippen LogP contribution in [-0.4, -0.2) is 43.6 Å². The van der Waals surface area contributed by atoms with Crippen LogP contribution in [0, 0.1) is 0 Å². The summed E-state index contributed by atoms with van der Waals surface area (Å²) in [5.41, 5.74) is 1.13. The van der Waals surface area contributed by atoms with Crippen molar-refractivity contribution in [3.8, 4) is 11.5 Å². The van der Waals surface area contributed by atoms with E-state index in [-0.39, 0.29) is 24.9 Å². The van der Waals surface area contributed by atoms with Crippen molar-refractivity contribution in [2.75, 3.05) is 26.7 Å². The summed E-state index contributed by atoms with van der Waals surface area (Å²) in [4.78, 5) is 14.1. The molecule has 0 aromatic heterocycles. The number of piperidine rings is 1. The number of ether oxygens (including phenoxy) is 2. The van der Waals surface area contributed by atoms with Crippen molar-refractivity contribution in [3.05, 3.63) is 60.2 Å². The first kappa shape index (κ1) is 21.1. The van der Waals surface area contributed by atoms with Crippen LogP contribution in [0.4, 0.5) is 0 Å². The maximum absolute atomic E-state index is 12.2. The molecule has 6 heteroatoms. The van der Waals surface area contributed by atoms with Crippen LogP contribution in [-0.2, 0) is 11.4 Å². The Morgan fingerprint density at radius 1 is 1.00 bits per heavy atom. The van der Waals surface area contributed by atoms with Crippen molar-refractivity contribution in [1.82, 2.24) is 10.2 Å². The molecule has 0 atom stereocenters. The lowest BCUT2D eigenvalue weighted by molar-refractivity contribution is -0.134. The fourth-order valence-electron chi connectivity index (χ4n) is 3.03. The fraction of sp³-hybridized carbons (Fsp3) is 0.381. The van der Waals surface area contributed by atoms with E-state index in [1.807, 2.05) is 66.5 Å². The van der Waals surface area contributed by atoms with E-state index < -0.39 is 0 Å². The Kier molecular flexibility index (Phi) is 8.43. The zero-order valence-corrected chi connectivity index (χ0v) is 16.4. The average Bonchev–Trinajstić information content (AvgIpc) is 2.72. The van der Waals surface area contributed by atoms with E-state index in [0.29, 0.717) is 18.4 Å². The van der Waals surface area contributed by atoms with Gasteiger partial charge in [-0.1, -0.05) is 30.3 Å². The second kappa shape index (κ2) is 10.8. The molecule has 146 valence electrons. The molecule has 1 N–H and O–H groups in total. The lowest BCUT2D eigenvalue weighted by atomic mass is 10.1. The molecule has 0 aliphatic carbocycles. The van der Waals surface area contributed by atoms with Gasteiger partial charge in [-0.3, -0.25) is 4.79 Å². The second-order valence-electron chi connectivity index (χ2n) is 6.48. The van der Waals surface area contributed by atoms with Crippen molar-refractivity contribution in [2.24, 2.45) is 0 Å². The van der Waals surface area contributed by atoms with Crippen LogP contribution in [0.2, 0.25) is 0 Å². The van der Waals surface area contributed by atoms with Crippen molar-refractivity contribution >= 4 is 18.3 Å². The Labute approximate surface area is 167 Å². The maximum atomic E-state index is 12.2. The van der Waals surface area contributed by atoms with Crippen molar-refractivity contribution in [3.63, 3.8) is 0 Å². The summed E-state index contributed by atoms with van der Waals surface area (Å²) in [6.07, 6.45) is 1.99. The van der Waals surface area contributed by atoms with E-state index in [1.165, 1.54) is 0 Å². The number of hydrogen-bond donors (Lipinski definition) is 1. The third-order valence-electron chi connectivity index (χ3n) is 4.69. The Bertz CT molecular complexity index is 686. The maximum Gasteiger partial charge on any atom is 0.260 e. The van der Waals surface area contributed by atoms with Crippen LogP contribution in [0.5, 0.6) is 11.5 Å². The highest BCUT2D eigenvalue weighted by molar-refractivity contribution is 5.85. The Morgan fingerprint density at radius 2 is 1.59 bits per heavy atom. The molecule has 0 saturated carbocycles. The monoisotopic (exact) mass is 390 g/mol. The van der Waals surface area contributed by atoms with Gasteiger partial charge in [0.2, 0.25) is 0 Å². The number of nitrogens with one attached hydrogen (secondary N) is 1. The molecule has 27 heavy (non-hydrogen) atoms. The predicted molar refractivity (Wildman–Crippen MR) is 109 cm³/mol. The first-order valence-corrected chi connectivity index (χ1v) is 9.09. The lowest BCUT2D eigenvalue weighted by Crippen LogP contribution is -2.45. The first-order chi connectivity index (χ1) is 12.7. The SMILES string of the molecule is CNC1CCN(C(=O)COc2ccc(OCc3ccccc3)cc2)CC1.Cl. The van der Waals surface area contributed by atoms with Gasteiger partial charge in [0, 0.05) is 19.1 Å². The van der Waals surface area contributed by atoms with Gasteiger partial charge in [-0.25, -0.2) is 0 Å². The van der Waals surface area contributed by atoms with E-state index in [2.05, 4.69) is 5.32 Å². The zero-order valence-electron chi connectivity index (χ0n) is 15.6. The van der Waals surface area contributed by atoms with Gasteiger partial charge in [0.25, 0.3) is 5.91 Å². The normalized spacial score (nSPS) is 14.3. The van der Waals surface area contributed by atoms with Gasteiger partial charge in [0.05, 0.1) is 0 Å². The van der Waals surface area contributed by atoms with Crippen LogP contribution < -0.4 is 14.8 Å². The van der Waals surface area contributed by atoms with Crippen LogP contribution in [0.3, 0.4) is 0 Å². The van der Waals surface area contributed by atoms with Crippen molar-refractivity contribution in [1.29, 1.82) is 0 Å². The molecule has 2 aromatic carbocycles. The zero-order chi connectivity index (χ0) is 18.2. The average molecular weight is 391 g/mol. The number of halogens is 1. The minimum absolute atomic E-state index is 0. The molecule has 3 rings (SSSR count). The Hall–Kier alpha value is -2.24. The van der Waals surface area contributed by atoms with Gasteiger partial charge in [-0.2, -0.15) is 0 Å². The summed E-state index contributed by atoms with van der Waals surface area (Å²) in [6.45, 7) is 2.19. The lowest BCUT2D eigenvalue weighted by Gasteiger charge is -2.31. The van der Waals surface area contributed by atoms with E-state index in [9.17, 15) is 4.79 Å². The smallest absolute Gasteiger partial charge is 0.260 e. The largest absolute Gasteiger partial charge is 0.489 e. The summed E-state index contributed by atoms with van der Waals surface area (Å²) in [6, 6.07) is 17.9. The van der Waals surface area contributed by atoms with Gasteiger partial charge < -0.3 is 19.7 Å². The van der Waals surface area contributed by atoms with Crippen LogP contribution in [0.25, 0.3) is 0 Å². The summed E-state index contributed by atoms with van der Waals surface area (Å²) in [7, 11) is 1.97. The van der Waals surface area contributed by atoms with Crippen molar-refractivity contribution < 1.29 is 14.3 Å². The van der Waals surface area contributed by atoms with Crippen LogP contribution >= 0.6 is 12.4 Å². The number of nitrogens with zero attached hydrogens (tertiary/aromatic N) is 1. The number of hydrogen-bond acceptors (Lipinski definition) is 4. The van der Waals surface area contributed by atoms with Gasteiger partial charge in [-0.05, 0) is 49.7 Å². The minimum atomic E-state index is 0. The highest BCUT2D eigenvalue weighted by Crippen LogP contribution is 2.19. The molecular formula is C21H27ClN2O3. The van der Waals surface area contributed by atoms with Crippen molar-refractivity contribution in [2.45, 2.75) is 25.5 Å². The predicted octanol–water partition coefficient (Wildman–Crippen LogP) is 3.28. The number of carbonyl (C=O) groups excluding carboxylic acids is 1. The molecule has 1 aliphatic rings. The molecule has 2 aromatic rings. The molecule has 1 heterocycles. The third-order valence-corrected chi connectivity index (χ3v) is 4.69. The minimum Gasteiger partial charge on any atom is -0.489 e. The fourth-order valence-corrected chi connectivity index (χ4v) is 3.03. The number of amides is 1. The number of carbonyl (C=O) groups is 1. The van der Waals surface area contributed by atoms with E-state index >= 15 is 0 Å². The molecular weight excluding hydrogens is 364 g/mol. The summed E-state index contributed by atoms with van der Waals surface area (Å²) in [5, 5.41) is 3.27. The van der Waals surface area contributed by atoms with E-state index in [0.717, 1.165) is 37.2 Å². The molecule has 0 radical (unpaired) electrons. The second-order valence-corrected chi connectivity index (χ2v) is 6.48. The molecule has 0 unspecified atom stereocenters. The van der Waals surface area contributed by atoms with E-state index in [4.69, 9.17) is 9.47 Å². The Morgan fingerprint density at radius 3 is 2.19 bits per heavy atom. The summed E-state index contributed by atoms with van der Waals surface area (Å²) in [5.74, 6) is 1.50. The standard InChI is InChI=1S/C21H26N2O3.ClH/c1-22-18-11-13-23(14-12-18)21(24)16-26-20-9-7-19(8-10-20)25-15-17-5-3-2-4-6-17;/h2-10,18,22H,11-16H2,1H3;1H. The van der Waals surface area contributed by atoms with Gasteiger partial charge in [-0.15, -0.1) is 12.4 Å². The Balaban J connectivity index is 0.00000261. The molecule has 5 nitrogen and oxygen atoms in total. The number of benzene rings is 2. The molecule has 1 aliphatic heterocycles. The topological polar surface area (TPSA) is 50.8 Å². The quantitative estimate of drug-likeness (QED) is 0.788. The molecule has 1 saturated heterocycles. The van der Waals surface area contributed by atoms with Crippen LogP contribution in [0.15, 0.2) is 54.6 Å².